The maximum Gasteiger partial charge on any atom is 0.225 e. The lowest BCUT2D eigenvalue weighted by atomic mass is 10.0. The van der Waals surface area contributed by atoms with Gasteiger partial charge in [0.1, 0.15) is 11.3 Å². The van der Waals surface area contributed by atoms with E-state index in [1.807, 2.05) is 47.2 Å². The highest BCUT2D eigenvalue weighted by Gasteiger charge is 2.27. The molecule has 7 rings (SSSR count). The zero-order valence-electron chi connectivity index (χ0n) is 23.2. The minimum absolute atomic E-state index is 0.00957. The molecule has 2 aromatic carbocycles. The number of nitrogens with one attached hydrogen (secondary N) is 1. The molecule has 1 amide bonds. The Balaban J connectivity index is 1.23. The minimum Gasteiger partial charge on any atom is -0.504 e. The van der Waals surface area contributed by atoms with Crippen molar-refractivity contribution in [3.05, 3.63) is 107 Å². The number of carbonyl (C=O) groups is 2. The van der Waals surface area contributed by atoms with Crippen LogP contribution in [0.2, 0.25) is 0 Å². The summed E-state index contributed by atoms with van der Waals surface area (Å²) in [7, 11) is 0. The van der Waals surface area contributed by atoms with Crippen LogP contribution < -0.4 is 11.1 Å². The lowest BCUT2D eigenvalue weighted by molar-refractivity contribution is -0.121. The van der Waals surface area contributed by atoms with Gasteiger partial charge < -0.3 is 16.2 Å². The van der Waals surface area contributed by atoms with Crippen molar-refractivity contribution in [1.29, 1.82) is 0 Å². The van der Waals surface area contributed by atoms with Crippen molar-refractivity contribution < 1.29 is 19.1 Å². The van der Waals surface area contributed by atoms with Crippen molar-refractivity contribution in [3.63, 3.8) is 0 Å². The lowest BCUT2D eigenvalue weighted by Gasteiger charge is -2.16. The second-order valence-electron chi connectivity index (χ2n) is 10.5. The Morgan fingerprint density at radius 1 is 1.11 bits per heavy atom. The zero-order chi connectivity index (χ0) is 30.4. The van der Waals surface area contributed by atoms with E-state index in [2.05, 4.69) is 21.5 Å². The number of fused-ring (bicyclic) bond motifs is 2. The minimum atomic E-state index is -0.969. The van der Waals surface area contributed by atoms with Gasteiger partial charge in [0, 0.05) is 29.8 Å². The summed E-state index contributed by atoms with van der Waals surface area (Å²) in [6.07, 6.45) is 6.59. The van der Waals surface area contributed by atoms with E-state index in [9.17, 15) is 19.1 Å². The van der Waals surface area contributed by atoms with Crippen LogP contribution in [0, 0.1) is 5.82 Å². The van der Waals surface area contributed by atoms with E-state index in [-0.39, 0.29) is 23.6 Å². The van der Waals surface area contributed by atoms with Gasteiger partial charge in [-0.05, 0) is 72.5 Å². The Labute approximate surface area is 249 Å². The predicted octanol–water partition coefficient (Wildman–Crippen LogP) is 4.25. The first kappa shape index (κ1) is 27.0. The van der Waals surface area contributed by atoms with Gasteiger partial charge in [-0.1, -0.05) is 12.1 Å². The third-order valence-corrected chi connectivity index (χ3v) is 7.81. The summed E-state index contributed by atoms with van der Waals surface area (Å²) >= 11 is 0. The summed E-state index contributed by atoms with van der Waals surface area (Å²) in [5, 5.41) is 17.2. The number of benzene rings is 2. The third-order valence-electron chi connectivity index (χ3n) is 7.81. The number of aromatic hydroxyl groups is 1. The second-order valence-corrected chi connectivity index (χ2v) is 10.5. The monoisotopic (exact) mass is 588 g/mol. The molecule has 0 spiro atoms. The van der Waals surface area contributed by atoms with Gasteiger partial charge in [0.2, 0.25) is 5.91 Å². The van der Waals surface area contributed by atoms with Crippen molar-refractivity contribution in [2.45, 2.75) is 25.3 Å². The molecule has 0 bridgehead atoms. The normalized spacial score (nSPS) is 14.1. The molecule has 4 aromatic heterocycles. The van der Waals surface area contributed by atoms with Crippen LogP contribution in [0.5, 0.6) is 5.75 Å². The Bertz CT molecular complexity index is 2070. The largest absolute Gasteiger partial charge is 0.504 e. The van der Waals surface area contributed by atoms with Crippen LogP contribution in [0.4, 0.5) is 10.2 Å². The molecule has 12 heteroatoms. The van der Waals surface area contributed by atoms with E-state index in [1.165, 1.54) is 12.1 Å². The number of rotatable bonds is 7. The topological polar surface area (TPSA) is 154 Å². The van der Waals surface area contributed by atoms with Gasteiger partial charge in [-0.3, -0.25) is 14.2 Å². The summed E-state index contributed by atoms with van der Waals surface area (Å²) in [5.41, 5.74) is 10.9. The van der Waals surface area contributed by atoms with Crippen molar-refractivity contribution in [3.8, 4) is 28.6 Å². The average Bonchev–Trinajstić information content (AvgIpc) is 3.79. The van der Waals surface area contributed by atoms with Crippen molar-refractivity contribution in [2.24, 2.45) is 0 Å². The fourth-order valence-corrected chi connectivity index (χ4v) is 5.68. The maximum absolute atomic E-state index is 14.5. The number of nitrogens with two attached hydrogens (primary N) is 1. The number of anilines is 1. The molecule has 6 aromatic rings. The van der Waals surface area contributed by atoms with E-state index in [0.29, 0.717) is 53.3 Å². The number of halogens is 1. The number of amides is 1. The second kappa shape index (κ2) is 10.7. The number of phenolic OH excluding ortho intramolecular Hbond substituents is 1. The molecule has 44 heavy (non-hydrogen) atoms. The molecule has 0 fully saturated rings. The quantitative estimate of drug-likeness (QED) is 0.234. The maximum atomic E-state index is 14.5. The first-order chi connectivity index (χ1) is 21.4. The molecule has 1 atom stereocenters. The fraction of sp³-hybridized carbons (Fsp3) is 0.125. The average molecular weight is 589 g/mol. The van der Waals surface area contributed by atoms with Crippen LogP contribution in [0.15, 0.2) is 79.3 Å². The number of aryl methyl sites for hydroxylation is 1. The van der Waals surface area contributed by atoms with Crippen LogP contribution in [0.1, 0.15) is 39.5 Å². The number of imidazole rings is 1. The Kier molecular flexibility index (Phi) is 6.58. The molecule has 218 valence electrons. The van der Waals surface area contributed by atoms with Gasteiger partial charge in [-0.15, -0.1) is 0 Å². The molecule has 1 aliphatic rings. The highest BCUT2D eigenvalue weighted by atomic mass is 19.1. The number of pyridine rings is 2. The molecule has 1 aliphatic carbocycles. The van der Waals surface area contributed by atoms with Crippen LogP contribution in [0.25, 0.3) is 34.1 Å². The Morgan fingerprint density at radius 3 is 2.80 bits per heavy atom. The Morgan fingerprint density at radius 2 is 2.00 bits per heavy atom. The highest BCUT2D eigenvalue weighted by molar-refractivity contribution is 5.84. The molecule has 4 heterocycles. The van der Waals surface area contributed by atoms with E-state index in [0.717, 1.165) is 16.8 Å². The standard InChI is InChI=1S/C32H25FN8O3/c33-28-19(4-5-20(17-42)29(28)44)16-27(43)37-24-9-6-18-15-21(7-8-22(18)24)41-31(23-3-1-12-35-30(23)34)38-25-10-11-26(39-32(25)41)40-14-2-13-36-40/h1-5,7-8,10-15,17,24,44H,6,9,16H2,(H2,34,35)(H,37,43)/t24-/m0/s1. The molecule has 4 N–H and O–H groups in total. The molecule has 11 nitrogen and oxygen atoms in total. The fourth-order valence-electron chi connectivity index (χ4n) is 5.68. The first-order valence-corrected chi connectivity index (χ1v) is 13.9. The van der Waals surface area contributed by atoms with E-state index < -0.39 is 17.5 Å². The summed E-state index contributed by atoms with van der Waals surface area (Å²) in [5.74, 6) is -0.564. The molecule has 0 saturated heterocycles. The molecular weight excluding hydrogens is 563 g/mol. The number of aldehydes is 1. The van der Waals surface area contributed by atoms with Gasteiger partial charge in [-0.2, -0.15) is 5.10 Å². The number of hydrogen-bond acceptors (Lipinski definition) is 8. The van der Waals surface area contributed by atoms with E-state index in [1.54, 1.807) is 23.1 Å². The number of nitrogen functional groups attached to an aromatic ring is 1. The number of nitrogens with zero attached hydrogens (tertiary/aromatic N) is 6. The van der Waals surface area contributed by atoms with Gasteiger partial charge in [-0.25, -0.2) is 24.0 Å². The van der Waals surface area contributed by atoms with Crippen LogP contribution in [-0.2, 0) is 17.6 Å². The van der Waals surface area contributed by atoms with E-state index in [4.69, 9.17) is 15.7 Å². The van der Waals surface area contributed by atoms with Crippen LogP contribution in [0.3, 0.4) is 0 Å². The van der Waals surface area contributed by atoms with Gasteiger partial charge in [0.05, 0.1) is 23.6 Å². The first-order valence-electron chi connectivity index (χ1n) is 13.9. The molecule has 0 unspecified atom stereocenters. The lowest BCUT2D eigenvalue weighted by Crippen LogP contribution is -2.28. The van der Waals surface area contributed by atoms with Crippen LogP contribution >= 0.6 is 0 Å². The summed E-state index contributed by atoms with van der Waals surface area (Å²) in [6.45, 7) is 0. The van der Waals surface area contributed by atoms with Gasteiger partial charge in [0.25, 0.3) is 0 Å². The number of carbonyl (C=O) groups excluding carboxylic acids is 2. The molecular formula is C32H25FN8O3. The molecule has 0 aliphatic heterocycles. The zero-order valence-corrected chi connectivity index (χ0v) is 23.2. The van der Waals surface area contributed by atoms with Crippen molar-refractivity contribution in [2.75, 3.05) is 5.73 Å². The number of phenols is 1. The van der Waals surface area contributed by atoms with E-state index >= 15 is 0 Å². The summed E-state index contributed by atoms with van der Waals surface area (Å²) in [4.78, 5) is 37.9. The molecule has 0 saturated carbocycles. The number of hydrogen-bond donors (Lipinski definition) is 3. The molecule has 0 radical (unpaired) electrons. The predicted molar refractivity (Wildman–Crippen MR) is 160 cm³/mol. The Hall–Kier alpha value is -5.91. The highest BCUT2D eigenvalue weighted by Crippen LogP contribution is 2.36. The summed E-state index contributed by atoms with van der Waals surface area (Å²) in [6, 6.07) is 17.5. The smallest absolute Gasteiger partial charge is 0.225 e. The van der Waals surface area contributed by atoms with Crippen LogP contribution in [-0.4, -0.2) is 46.6 Å². The van der Waals surface area contributed by atoms with Gasteiger partial charge in [0.15, 0.2) is 35.1 Å². The van der Waals surface area contributed by atoms with Crippen molar-refractivity contribution in [1.82, 2.24) is 34.6 Å². The number of aromatic nitrogens is 6. The van der Waals surface area contributed by atoms with Gasteiger partial charge >= 0.3 is 0 Å². The summed E-state index contributed by atoms with van der Waals surface area (Å²) < 4.78 is 18.1. The third kappa shape index (κ3) is 4.62. The van der Waals surface area contributed by atoms with Crippen molar-refractivity contribution >= 4 is 29.2 Å². The SMILES string of the molecule is Nc1ncccc1-c1nc2ccc(-n3cccn3)nc2n1-c1ccc2c(c1)CC[C@@H]2NC(=O)Cc1ccc(C=O)c(O)c1F.